The van der Waals surface area contributed by atoms with Crippen molar-refractivity contribution in [2.24, 2.45) is 0 Å². The van der Waals surface area contributed by atoms with E-state index in [2.05, 4.69) is 5.32 Å². The van der Waals surface area contributed by atoms with E-state index in [4.69, 9.17) is 9.84 Å². The third-order valence-corrected chi connectivity index (χ3v) is 9.11. The van der Waals surface area contributed by atoms with Gasteiger partial charge in [0, 0.05) is 28.0 Å². The molecule has 4 aromatic carbocycles. The summed E-state index contributed by atoms with van der Waals surface area (Å²) < 4.78 is 7.62. The van der Waals surface area contributed by atoms with Crippen LogP contribution in [0.4, 0.5) is 11.5 Å². The van der Waals surface area contributed by atoms with Gasteiger partial charge in [-0.05, 0) is 37.1 Å². The maximum Gasteiger partial charge on any atom is 0.337 e. The van der Waals surface area contributed by atoms with E-state index in [1.165, 1.54) is 0 Å². The zero-order chi connectivity index (χ0) is 32.3. The first-order valence-corrected chi connectivity index (χ1v) is 15.6. The molecule has 1 aromatic heterocycles. The van der Waals surface area contributed by atoms with Gasteiger partial charge in [-0.1, -0.05) is 103 Å². The van der Waals surface area contributed by atoms with Crippen LogP contribution in [0.1, 0.15) is 45.2 Å². The number of carbonyl (C=O) groups is 3. The quantitative estimate of drug-likeness (QED) is 0.218. The number of rotatable bonds is 6. The molecule has 0 bridgehead atoms. The molecule has 0 radical (unpaired) electrons. The number of anilines is 2. The summed E-state index contributed by atoms with van der Waals surface area (Å²) in [5.41, 5.74) is 3.63. The Balaban J connectivity index is 1.52. The Kier molecular flexibility index (Phi) is 6.54. The summed E-state index contributed by atoms with van der Waals surface area (Å²) >= 11 is 0. The Hall–Kier alpha value is -6.02. The van der Waals surface area contributed by atoms with Gasteiger partial charge in [0.2, 0.25) is 0 Å². The van der Waals surface area contributed by atoms with Crippen LogP contribution in [-0.2, 0) is 26.3 Å². The number of nitrogens with one attached hydrogen (secondary N) is 1. The molecule has 0 saturated carbocycles. The van der Waals surface area contributed by atoms with Crippen molar-refractivity contribution in [2.75, 3.05) is 16.8 Å². The van der Waals surface area contributed by atoms with Crippen LogP contribution in [0.25, 0.3) is 11.4 Å². The number of nitrogens with zero attached hydrogens (tertiary/aromatic N) is 3. The lowest BCUT2D eigenvalue weighted by atomic mass is 9.65. The Bertz CT molecular complexity index is 2170. The van der Waals surface area contributed by atoms with Crippen molar-refractivity contribution >= 4 is 40.6 Å². The number of esters is 1. The molecule has 3 aliphatic rings. The molecule has 1 N–H and O–H groups in total. The predicted octanol–water partition coefficient (Wildman–Crippen LogP) is 6.53. The predicted molar refractivity (Wildman–Crippen MR) is 179 cm³/mol. The number of amides is 1. The Morgan fingerprint density at radius 2 is 1.45 bits per heavy atom. The first-order valence-electron chi connectivity index (χ1n) is 15.6. The van der Waals surface area contributed by atoms with Crippen molar-refractivity contribution in [3.8, 4) is 0 Å². The van der Waals surface area contributed by atoms with Gasteiger partial charge >= 0.3 is 5.97 Å². The molecule has 0 saturated heterocycles. The largest absolute Gasteiger partial charge is 0.463 e. The van der Waals surface area contributed by atoms with Crippen molar-refractivity contribution in [1.29, 1.82) is 0 Å². The third kappa shape index (κ3) is 4.01. The van der Waals surface area contributed by atoms with Gasteiger partial charge in [-0.3, -0.25) is 14.5 Å². The summed E-state index contributed by atoms with van der Waals surface area (Å²) in [6.45, 7) is 4.04. The van der Waals surface area contributed by atoms with Crippen LogP contribution in [0.5, 0.6) is 0 Å². The minimum atomic E-state index is -1.86. The highest BCUT2D eigenvalue weighted by molar-refractivity contribution is 6.36. The minimum absolute atomic E-state index is 0.0808. The van der Waals surface area contributed by atoms with E-state index in [1.807, 2.05) is 121 Å². The van der Waals surface area contributed by atoms with Crippen LogP contribution in [0.15, 0.2) is 126 Å². The standard InChI is InChI=1S/C39H30N4O4/c1-3-47-37(45)32-34(26-17-9-5-10-18-26)43(27-19-11-6-12-20-27)38(46)39(32)30-24(2)41-42(23-25-15-7-4-8-16-25)36(30)40-33-28-21-13-14-22-29(28)35(44)31(33)39/h4-22,40H,3,23H2,1-2H3. The van der Waals surface area contributed by atoms with E-state index in [-0.39, 0.29) is 23.5 Å². The van der Waals surface area contributed by atoms with Crippen molar-refractivity contribution in [2.45, 2.75) is 25.8 Å². The second-order valence-corrected chi connectivity index (χ2v) is 11.7. The number of carbonyl (C=O) groups excluding carboxylic acids is 3. The van der Waals surface area contributed by atoms with Crippen molar-refractivity contribution in [1.82, 2.24) is 9.78 Å². The number of fused-ring (bicyclic) bond motifs is 5. The van der Waals surface area contributed by atoms with Gasteiger partial charge in [0.15, 0.2) is 5.78 Å². The highest BCUT2D eigenvalue weighted by Crippen LogP contribution is 2.60. The lowest BCUT2D eigenvalue weighted by Crippen LogP contribution is -2.48. The van der Waals surface area contributed by atoms with E-state index >= 15 is 4.79 Å². The van der Waals surface area contributed by atoms with E-state index < -0.39 is 17.3 Å². The van der Waals surface area contributed by atoms with Crippen molar-refractivity contribution in [3.63, 3.8) is 0 Å². The summed E-state index contributed by atoms with van der Waals surface area (Å²) in [5.74, 6) is -0.880. The Labute approximate surface area is 271 Å². The van der Waals surface area contributed by atoms with Crippen molar-refractivity contribution < 1.29 is 19.1 Å². The fourth-order valence-electron chi connectivity index (χ4n) is 7.32. The molecular weight excluding hydrogens is 588 g/mol. The highest BCUT2D eigenvalue weighted by atomic mass is 16.5. The molecule has 8 rings (SSSR count). The average Bonchev–Trinajstić information content (AvgIpc) is 3.67. The molecule has 1 atom stereocenters. The molecule has 230 valence electrons. The monoisotopic (exact) mass is 618 g/mol. The number of aryl methyl sites for hydroxylation is 1. The minimum Gasteiger partial charge on any atom is -0.463 e. The van der Waals surface area contributed by atoms with Crippen LogP contribution in [-0.4, -0.2) is 34.0 Å². The summed E-state index contributed by atoms with van der Waals surface area (Å²) in [6, 6.07) is 35.8. The third-order valence-electron chi connectivity index (χ3n) is 9.11. The molecular formula is C39H30N4O4. The number of aromatic nitrogens is 2. The number of benzene rings is 4. The van der Waals surface area contributed by atoms with Gasteiger partial charge in [-0.15, -0.1) is 0 Å². The maximum atomic E-state index is 15.7. The Morgan fingerprint density at radius 1 is 0.830 bits per heavy atom. The number of ether oxygens (including phenoxy) is 1. The molecule has 47 heavy (non-hydrogen) atoms. The molecule has 1 spiro atoms. The molecule has 2 aliphatic heterocycles. The first kappa shape index (κ1) is 28.5. The second-order valence-electron chi connectivity index (χ2n) is 11.7. The molecule has 1 aliphatic carbocycles. The van der Waals surface area contributed by atoms with Crippen molar-refractivity contribution in [3.05, 3.63) is 160 Å². The smallest absolute Gasteiger partial charge is 0.337 e. The zero-order valence-electron chi connectivity index (χ0n) is 25.9. The summed E-state index contributed by atoms with van der Waals surface area (Å²) in [7, 11) is 0. The molecule has 5 aromatic rings. The second kappa shape index (κ2) is 10.8. The van der Waals surface area contributed by atoms with Crippen LogP contribution >= 0.6 is 0 Å². The summed E-state index contributed by atoms with van der Waals surface area (Å²) in [5, 5.41) is 8.50. The van der Waals surface area contributed by atoms with E-state index in [0.29, 0.717) is 57.4 Å². The van der Waals surface area contributed by atoms with Crippen LogP contribution in [0, 0.1) is 6.92 Å². The van der Waals surface area contributed by atoms with Gasteiger partial charge in [0.25, 0.3) is 5.91 Å². The maximum absolute atomic E-state index is 15.7. The van der Waals surface area contributed by atoms with E-state index in [0.717, 1.165) is 5.56 Å². The Morgan fingerprint density at radius 3 is 2.13 bits per heavy atom. The fourth-order valence-corrected chi connectivity index (χ4v) is 7.32. The number of hydrogen-bond donors (Lipinski definition) is 1. The highest BCUT2D eigenvalue weighted by Gasteiger charge is 2.66. The van der Waals surface area contributed by atoms with Gasteiger partial charge in [-0.2, -0.15) is 5.10 Å². The number of ketones is 1. The summed E-state index contributed by atoms with van der Waals surface area (Å²) in [4.78, 5) is 46.6. The molecule has 8 heteroatoms. The summed E-state index contributed by atoms with van der Waals surface area (Å²) in [6.07, 6.45) is 0. The van der Waals surface area contributed by atoms with Crippen LogP contribution in [0.3, 0.4) is 0 Å². The van der Waals surface area contributed by atoms with E-state index in [9.17, 15) is 9.59 Å². The topological polar surface area (TPSA) is 93.5 Å². The van der Waals surface area contributed by atoms with Crippen LogP contribution < -0.4 is 10.2 Å². The fraction of sp³-hybridized carbons (Fsp3) is 0.128. The zero-order valence-corrected chi connectivity index (χ0v) is 25.9. The average molecular weight is 619 g/mol. The van der Waals surface area contributed by atoms with Gasteiger partial charge in [0.05, 0.1) is 35.8 Å². The lowest BCUT2D eigenvalue weighted by molar-refractivity contribution is -0.140. The lowest BCUT2D eigenvalue weighted by Gasteiger charge is -2.36. The normalized spacial score (nSPS) is 18.0. The van der Waals surface area contributed by atoms with Gasteiger partial charge in [-0.25, -0.2) is 9.48 Å². The SMILES string of the molecule is CCOC(=O)C1=C(c2ccccc2)N(c2ccccc2)C(=O)C12C1=C(Nc3c2c(C)nn3Cc2ccccc2)c2ccccc2C1=O. The molecule has 3 heterocycles. The van der Waals surface area contributed by atoms with Crippen LogP contribution in [0.2, 0.25) is 0 Å². The molecule has 8 nitrogen and oxygen atoms in total. The number of Topliss-reactive ketones (excluding diaryl/α,β-unsaturated/α-hetero) is 1. The number of para-hydroxylation sites is 1. The van der Waals surface area contributed by atoms with E-state index in [1.54, 1.807) is 17.9 Å². The molecule has 1 unspecified atom stereocenters. The van der Waals surface area contributed by atoms with Gasteiger partial charge < -0.3 is 10.1 Å². The number of hydrogen-bond acceptors (Lipinski definition) is 6. The molecule has 1 amide bonds. The van der Waals surface area contributed by atoms with Gasteiger partial charge in [0.1, 0.15) is 11.2 Å². The first-order chi connectivity index (χ1) is 23.0. The molecule has 0 fully saturated rings.